The molecule has 2 atom stereocenters. The lowest BCUT2D eigenvalue weighted by Gasteiger charge is -2.18. The molecule has 23 heavy (non-hydrogen) atoms. The van der Waals surface area contributed by atoms with Crippen LogP contribution in [0.4, 0.5) is 5.82 Å². The normalized spacial score (nSPS) is 14.1. The molecular weight excluding hydrogens is 313 g/mol. The van der Waals surface area contributed by atoms with E-state index < -0.39 is 5.85 Å². The number of ether oxygens (including phenoxy) is 1. The first-order valence-electron chi connectivity index (χ1n) is 7.13. The second kappa shape index (κ2) is 6.81. The maximum Gasteiger partial charge on any atom is 0.192 e. The zero-order chi connectivity index (χ0) is 16.2. The van der Waals surface area contributed by atoms with Gasteiger partial charge in [0.05, 0.1) is 19.0 Å². The van der Waals surface area contributed by atoms with Gasteiger partial charge in [-0.05, 0) is 12.5 Å². The fraction of sp³-hybridized carbons (Fsp3) is 0.267. The van der Waals surface area contributed by atoms with E-state index in [1.807, 2.05) is 41.8 Å². The molecule has 2 aromatic heterocycles. The number of hydrogen-bond acceptors (Lipinski definition) is 6. The van der Waals surface area contributed by atoms with Gasteiger partial charge in [0.1, 0.15) is 11.8 Å². The summed E-state index contributed by atoms with van der Waals surface area (Å²) in [7, 11) is -0.0744. The molecule has 0 aliphatic heterocycles. The third kappa shape index (κ3) is 3.36. The van der Waals surface area contributed by atoms with Crippen molar-refractivity contribution in [1.82, 2.24) is 19.5 Å². The molecule has 2 unspecified atom stereocenters. The molecule has 1 aromatic carbocycles. The Hall–Kier alpha value is -2.37. The van der Waals surface area contributed by atoms with Gasteiger partial charge in [-0.1, -0.05) is 30.3 Å². The van der Waals surface area contributed by atoms with Crippen LogP contribution in [0.1, 0.15) is 18.3 Å². The maximum atomic E-state index is 11.4. The Kier molecular flexibility index (Phi) is 4.60. The van der Waals surface area contributed by atoms with Crippen molar-refractivity contribution < 1.29 is 9.30 Å². The molecule has 8 heteroatoms. The van der Waals surface area contributed by atoms with E-state index in [9.17, 15) is 4.57 Å². The van der Waals surface area contributed by atoms with Crippen LogP contribution in [0.2, 0.25) is 0 Å². The Bertz CT molecular complexity index is 808. The molecule has 0 amide bonds. The number of imidazole rings is 1. The van der Waals surface area contributed by atoms with E-state index in [-0.39, 0.29) is 14.6 Å². The van der Waals surface area contributed by atoms with Crippen LogP contribution in [0.25, 0.3) is 11.2 Å². The standard InChI is InChI=1S/C15H16N5O2P/c1-10(22-15(23-21)11-5-3-2-4-6-11)7-20-9-19-12-13(16)17-8-18-14(12)20/h2-6,8-10,15H,7H2,1H3,(H2,16,17,18). The van der Waals surface area contributed by atoms with Crippen LogP contribution in [0.15, 0.2) is 43.0 Å². The molecule has 0 fully saturated rings. The summed E-state index contributed by atoms with van der Waals surface area (Å²) in [4.78, 5) is 12.3. The topological polar surface area (TPSA) is 95.9 Å². The number of nitrogens with two attached hydrogens (primary N) is 1. The maximum absolute atomic E-state index is 11.4. The molecule has 0 saturated carbocycles. The number of anilines is 1. The number of rotatable bonds is 6. The summed E-state index contributed by atoms with van der Waals surface area (Å²) in [6.07, 6.45) is 2.88. The van der Waals surface area contributed by atoms with Crippen LogP contribution in [0.3, 0.4) is 0 Å². The lowest BCUT2D eigenvalue weighted by atomic mass is 10.2. The minimum Gasteiger partial charge on any atom is -0.382 e. The molecule has 0 radical (unpaired) electrons. The Morgan fingerprint density at radius 2 is 2.04 bits per heavy atom. The van der Waals surface area contributed by atoms with Crippen molar-refractivity contribution in [3.05, 3.63) is 48.5 Å². The largest absolute Gasteiger partial charge is 0.382 e. The second-order valence-corrected chi connectivity index (χ2v) is 5.82. The Balaban J connectivity index is 1.74. The molecular formula is C15H16N5O2P. The summed E-state index contributed by atoms with van der Waals surface area (Å²) in [6.45, 7) is 2.43. The second-order valence-electron chi connectivity index (χ2n) is 5.14. The first-order chi connectivity index (χ1) is 11.2. The minimum absolute atomic E-state index is 0.0744. The monoisotopic (exact) mass is 329 g/mol. The SMILES string of the molecule is CC(Cn1cnc2c(N)ncnc21)OC(P=O)c1ccccc1. The molecule has 118 valence electrons. The van der Waals surface area contributed by atoms with Gasteiger partial charge in [0.25, 0.3) is 0 Å². The minimum atomic E-state index is -0.499. The summed E-state index contributed by atoms with van der Waals surface area (Å²) in [5, 5.41) is 0. The number of benzene rings is 1. The van der Waals surface area contributed by atoms with E-state index in [0.717, 1.165) is 5.56 Å². The van der Waals surface area contributed by atoms with Crippen molar-refractivity contribution in [3.63, 3.8) is 0 Å². The van der Waals surface area contributed by atoms with Crippen molar-refractivity contribution in [1.29, 1.82) is 0 Å². The van der Waals surface area contributed by atoms with E-state index in [4.69, 9.17) is 10.5 Å². The van der Waals surface area contributed by atoms with Gasteiger partial charge < -0.3 is 15.0 Å². The summed E-state index contributed by atoms with van der Waals surface area (Å²) in [6, 6.07) is 9.48. The van der Waals surface area contributed by atoms with Gasteiger partial charge in [-0.25, -0.2) is 15.0 Å². The highest BCUT2D eigenvalue weighted by Gasteiger charge is 2.17. The molecule has 0 bridgehead atoms. The fourth-order valence-electron chi connectivity index (χ4n) is 2.35. The number of nitrogens with zero attached hydrogens (tertiary/aromatic N) is 4. The molecule has 2 N–H and O–H groups in total. The van der Waals surface area contributed by atoms with Crippen LogP contribution in [0.5, 0.6) is 0 Å². The van der Waals surface area contributed by atoms with Crippen molar-refractivity contribution in [3.8, 4) is 0 Å². The van der Waals surface area contributed by atoms with E-state index in [2.05, 4.69) is 15.0 Å². The molecule has 2 heterocycles. The van der Waals surface area contributed by atoms with Crippen LogP contribution < -0.4 is 5.73 Å². The predicted octanol–water partition coefficient (Wildman–Crippen LogP) is 2.80. The van der Waals surface area contributed by atoms with Crippen molar-refractivity contribution >= 4 is 25.4 Å². The van der Waals surface area contributed by atoms with E-state index >= 15 is 0 Å². The van der Waals surface area contributed by atoms with Gasteiger partial charge in [-0.15, -0.1) is 0 Å². The smallest absolute Gasteiger partial charge is 0.192 e. The molecule has 0 saturated heterocycles. The van der Waals surface area contributed by atoms with E-state index in [0.29, 0.717) is 23.5 Å². The number of hydrogen-bond donors (Lipinski definition) is 1. The molecule has 0 aliphatic rings. The number of fused-ring (bicyclic) bond motifs is 1. The van der Waals surface area contributed by atoms with Gasteiger partial charge in [0.15, 0.2) is 25.8 Å². The highest BCUT2D eigenvalue weighted by molar-refractivity contribution is 7.24. The molecule has 0 aliphatic carbocycles. The van der Waals surface area contributed by atoms with Crippen LogP contribution in [-0.4, -0.2) is 25.6 Å². The van der Waals surface area contributed by atoms with Gasteiger partial charge in [-0.3, -0.25) is 4.57 Å². The lowest BCUT2D eigenvalue weighted by Crippen LogP contribution is -2.17. The van der Waals surface area contributed by atoms with Crippen molar-refractivity contribution in [2.75, 3.05) is 5.73 Å². The Labute approximate surface area is 134 Å². The average Bonchev–Trinajstić information content (AvgIpc) is 2.98. The lowest BCUT2D eigenvalue weighted by molar-refractivity contribution is 0.0334. The van der Waals surface area contributed by atoms with Crippen LogP contribution in [0, 0.1) is 0 Å². The third-order valence-corrected chi connectivity index (χ3v) is 4.04. The molecule has 3 aromatic rings. The van der Waals surface area contributed by atoms with Gasteiger partial charge in [0.2, 0.25) is 0 Å². The van der Waals surface area contributed by atoms with Gasteiger partial charge >= 0.3 is 0 Å². The summed E-state index contributed by atoms with van der Waals surface area (Å²) < 4.78 is 19.2. The van der Waals surface area contributed by atoms with Gasteiger partial charge in [-0.2, -0.15) is 0 Å². The summed E-state index contributed by atoms with van der Waals surface area (Å²) in [5.41, 5.74) is 7.88. The highest BCUT2D eigenvalue weighted by atomic mass is 31.1. The predicted molar refractivity (Wildman–Crippen MR) is 87.1 cm³/mol. The Morgan fingerprint density at radius 3 is 2.78 bits per heavy atom. The molecule has 3 rings (SSSR count). The zero-order valence-electron chi connectivity index (χ0n) is 12.5. The van der Waals surface area contributed by atoms with E-state index in [1.54, 1.807) is 6.33 Å². The first-order valence-corrected chi connectivity index (χ1v) is 8.01. The van der Waals surface area contributed by atoms with E-state index in [1.165, 1.54) is 6.33 Å². The van der Waals surface area contributed by atoms with Crippen molar-refractivity contribution in [2.24, 2.45) is 0 Å². The quantitative estimate of drug-likeness (QED) is 0.699. The zero-order valence-corrected chi connectivity index (χ0v) is 13.4. The average molecular weight is 329 g/mol. The first kappa shape index (κ1) is 15.5. The molecule has 7 nitrogen and oxygen atoms in total. The van der Waals surface area contributed by atoms with Crippen LogP contribution in [-0.2, 0) is 15.8 Å². The van der Waals surface area contributed by atoms with Crippen molar-refractivity contribution in [2.45, 2.75) is 25.4 Å². The number of aromatic nitrogens is 4. The number of nitrogen functional groups attached to an aromatic ring is 1. The summed E-state index contributed by atoms with van der Waals surface area (Å²) in [5.74, 6) is -0.150. The summed E-state index contributed by atoms with van der Waals surface area (Å²) >= 11 is 0. The third-order valence-electron chi connectivity index (χ3n) is 3.43. The fourth-order valence-corrected chi connectivity index (χ4v) is 2.91. The molecule has 0 spiro atoms. The van der Waals surface area contributed by atoms with Crippen LogP contribution >= 0.6 is 8.46 Å². The Morgan fingerprint density at radius 1 is 1.26 bits per heavy atom. The highest BCUT2D eigenvalue weighted by Crippen LogP contribution is 2.29. The van der Waals surface area contributed by atoms with Gasteiger partial charge in [0, 0.05) is 0 Å².